The maximum Gasteiger partial charge on any atom is 0.306 e. The van der Waals surface area contributed by atoms with Crippen molar-refractivity contribution in [3.8, 4) is 0 Å². The summed E-state index contributed by atoms with van der Waals surface area (Å²) in [5.74, 6) is 0.754. The van der Waals surface area contributed by atoms with Crippen LogP contribution in [0.15, 0.2) is 0 Å². The average molecular weight is 821 g/mol. The molecule has 0 rings (SSSR count). The third kappa shape index (κ3) is 45.5. The molecular weight excluding hydrogens is 721 g/mol. The van der Waals surface area contributed by atoms with Crippen molar-refractivity contribution in [2.75, 3.05) is 13.2 Å². The fraction of sp³-hybridized carbons (Fsp3) is 0.942. The molecule has 0 N–H and O–H groups in total. The summed E-state index contributed by atoms with van der Waals surface area (Å²) in [6.07, 6.45) is 45.3. The van der Waals surface area contributed by atoms with Crippen molar-refractivity contribution in [2.24, 2.45) is 11.8 Å². The van der Waals surface area contributed by atoms with Crippen molar-refractivity contribution < 1.29 is 28.6 Å². The molecule has 0 radical (unpaired) electrons. The zero-order valence-electron chi connectivity index (χ0n) is 39.7. The maximum atomic E-state index is 12.7. The molecule has 0 spiro atoms. The molecule has 0 saturated heterocycles. The van der Waals surface area contributed by atoms with Crippen molar-refractivity contribution in [1.82, 2.24) is 0 Å². The Morgan fingerprint density at radius 1 is 0.328 bits per heavy atom. The van der Waals surface area contributed by atoms with Crippen LogP contribution in [0.1, 0.15) is 285 Å². The van der Waals surface area contributed by atoms with Gasteiger partial charge < -0.3 is 14.2 Å². The van der Waals surface area contributed by atoms with Crippen molar-refractivity contribution >= 4 is 17.9 Å². The molecule has 0 fully saturated rings. The molecule has 0 bridgehead atoms. The fourth-order valence-electron chi connectivity index (χ4n) is 7.81. The molecule has 6 heteroatoms. The van der Waals surface area contributed by atoms with Crippen LogP contribution in [-0.2, 0) is 28.6 Å². The number of carbonyl (C=O) groups excluding carboxylic acids is 3. The van der Waals surface area contributed by atoms with Gasteiger partial charge >= 0.3 is 17.9 Å². The van der Waals surface area contributed by atoms with E-state index in [1.54, 1.807) is 0 Å². The zero-order chi connectivity index (χ0) is 42.6. The monoisotopic (exact) mass is 821 g/mol. The second-order valence-corrected chi connectivity index (χ2v) is 18.8. The minimum atomic E-state index is -0.761. The SMILES string of the molecule is CCCCCCCCCCCCCCCC(=O)OC[C@H](COC(=O)CCCCCCCCCCCCCCCCCC(C)C)OC(=O)CCCCCCCCC(C)C. The predicted octanol–water partition coefficient (Wildman–Crippen LogP) is 16.5. The Hall–Kier alpha value is -1.59. The normalized spacial score (nSPS) is 12.1. The van der Waals surface area contributed by atoms with Crippen molar-refractivity contribution in [3.05, 3.63) is 0 Å². The average Bonchev–Trinajstić information content (AvgIpc) is 3.19. The summed E-state index contributed by atoms with van der Waals surface area (Å²) < 4.78 is 16.8. The van der Waals surface area contributed by atoms with Crippen LogP contribution in [-0.4, -0.2) is 37.2 Å². The first kappa shape index (κ1) is 56.4. The van der Waals surface area contributed by atoms with Gasteiger partial charge in [0.2, 0.25) is 0 Å². The molecule has 0 amide bonds. The second-order valence-electron chi connectivity index (χ2n) is 18.8. The standard InChI is InChI=1S/C52H100O6/c1-6-7-8-9-10-11-12-16-20-23-26-32-37-42-50(53)56-45-49(58-52(55)44-39-34-29-28-31-36-41-48(4)5)46-57-51(54)43-38-33-27-24-21-18-15-13-14-17-19-22-25-30-35-40-47(2)3/h47-49H,6-46H2,1-5H3/t49-/m1/s1. The van der Waals surface area contributed by atoms with Crippen LogP contribution in [0.2, 0.25) is 0 Å². The van der Waals surface area contributed by atoms with E-state index >= 15 is 0 Å². The van der Waals surface area contributed by atoms with E-state index in [9.17, 15) is 14.4 Å². The van der Waals surface area contributed by atoms with Gasteiger partial charge in [-0.25, -0.2) is 0 Å². The van der Waals surface area contributed by atoms with Gasteiger partial charge in [0.05, 0.1) is 0 Å². The number of carbonyl (C=O) groups is 3. The van der Waals surface area contributed by atoms with Crippen LogP contribution >= 0.6 is 0 Å². The molecule has 6 nitrogen and oxygen atoms in total. The molecule has 0 aromatic heterocycles. The highest BCUT2D eigenvalue weighted by Crippen LogP contribution is 2.17. The van der Waals surface area contributed by atoms with Gasteiger partial charge in [-0.05, 0) is 31.1 Å². The van der Waals surface area contributed by atoms with E-state index in [4.69, 9.17) is 14.2 Å². The third-order valence-corrected chi connectivity index (χ3v) is 11.7. The second kappa shape index (κ2) is 44.9. The number of ether oxygens (including phenoxy) is 3. The van der Waals surface area contributed by atoms with E-state index < -0.39 is 6.10 Å². The van der Waals surface area contributed by atoms with E-state index in [2.05, 4.69) is 34.6 Å². The zero-order valence-corrected chi connectivity index (χ0v) is 39.7. The Kier molecular flexibility index (Phi) is 43.7. The molecular formula is C52H100O6. The predicted molar refractivity (Wildman–Crippen MR) is 247 cm³/mol. The van der Waals surface area contributed by atoms with E-state index in [1.165, 1.54) is 173 Å². The minimum absolute atomic E-state index is 0.0647. The fourth-order valence-corrected chi connectivity index (χ4v) is 7.81. The lowest BCUT2D eigenvalue weighted by molar-refractivity contribution is -0.167. The lowest BCUT2D eigenvalue weighted by Gasteiger charge is -2.18. The third-order valence-electron chi connectivity index (χ3n) is 11.7. The number of unbranched alkanes of at least 4 members (excludes halogenated alkanes) is 31. The Morgan fingerprint density at radius 3 is 0.845 bits per heavy atom. The van der Waals surface area contributed by atoms with Crippen LogP contribution in [0.3, 0.4) is 0 Å². The Balaban J connectivity index is 4.22. The minimum Gasteiger partial charge on any atom is -0.462 e. The van der Waals surface area contributed by atoms with E-state index in [0.717, 1.165) is 69.6 Å². The molecule has 0 aliphatic heterocycles. The van der Waals surface area contributed by atoms with Gasteiger partial charge in [0.15, 0.2) is 6.10 Å². The van der Waals surface area contributed by atoms with Crippen LogP contribution in [0, 0.1) is 11.8 Å². The smallest absolute Gasteiger partial charge is 0.306 e. The summed E-state index contributed by atoms with van der Waals surface area (Å²) in [4.78, 5) is 37.8. The van der Waals surface area contributed by atoms with Gasteiger partial charge in [0.25, 0.3) is 0 Å². The summed E-state index contributed by atoms with van der Waals surface area (Å²) in [6.45, 7) is 11.3. The van der Waals surface area contributed by atoms with Gasteiger partial charge in [0.1, 0.15) is 13.2 Å². The van der Waals surface area contributed by atoms with Crippen LogP contribution in [0.5, 0.6) is 0 Å². The Bertz CT molecular complexity index is 885. The topological polar surface area (TPSA) is 78.9 Å². The van der Waals surface area contributed by atoms with E-state index in [0.29, 0.717) is 19.3 Å². The summed E-state index contributed by atoms with van der Waals surface area (Å²) in [7, 11) is 0. The van der Waals surface area contributed by atoms with Gasteiger partial charge in [-0.3, -0.25) is 14.4 Å². The number of esters is 3. The molecule has 344 valence electrons. The highest BCUT2D eigenvalue weighted by atomic mass is 16.6. The molecule has 0 aromatic carbocycles. The number of rotatable bonds is 46. The highest BCUT2D eigenvalue weighted by Gasteiger charge is 2.19. The quantitative estimate of drug-likeness (QED) is 0.0346. The first-order chi connectivity index (χ1) is 28.2. The lowest BCUT2D eigenvalue weighted by Crippen LogP contribution is -2.30. The Morgan fingerprint density at radius 2 is 0.569 bits per heavy atom. The maximum absolute atomic E-state index is 12.7. The summed E-state index contributed by atoms with van der Waals surface area (Å²) >= 11 is 0. The van der Waals surface area contributed by atoms with E-state index in [-0.39, 0.29) is 31.1 Å². The van der Waals surface area contributed by atoms with Crippen molar-refractivity contribution in [2.45, 2.75) is 291 Å². The largest absolute Gasteiger partial charge is 0.462 e. The molecule has 0 heterocycles. The molecule has 0 unspecified atom stereocenters. The van der Waals surface area contributed by atoms with E-state index in [1.807, 2.05) is 0 Å². The summed E-state index contributed by atoms with van der Waals surface area (Å²) in [5, 5.41) is 0. The molecule has 0 aliphatic rings. The van der Waals surface area contributed by atoms with Crippen LogP contribution in [0.4, 0.5) is 0 Å². The van der Waals surface area contributed by atoms with Gasteiger partial charge in [-0.2, -0.15) is 0 Å². The van der Waals surface area contributed by atoms with Gasteiger partial charge in [-0.1, -0.05) is 247 Å². The van der Waals surface area contributed by atoms with Crippen LogP contribution in [0.25, 0.3) is 0 Å². The molecule has 0 saturated carbocycles. The number of hydrogen-bond acceptors (Lipinski definition) is 6. The van der Waals surface area contributed by atoms with Crippen LogP contribution < -0.4 is 0 Å². The summed E-state index contributed by atoms with van der Waals surface area (Å²) in [6, 6.07) is 0. The van der Waals surface area contributed by atoms with Gasteiger partial charge in [-0.15, -0.1) is 0 Å². The molecule has 58 heavy (non-hydrogen) atoms. The first-order valence-electron chi connectivity index (χ1n) is 25.7. The van der Waals surface area contributed by atoms with Crippen molar-refractivity contribution in [3.63, 3.8) is 0 Å². The Labute approximate surface area is 361 Å². The number of hydrogen-bond donors (Lipinski definition) is 0. The summed E-state index contributed by atoms with van der Waals surface area (Å²) in [5.41, 5.74) is 0. The first-order valence-corrected chi connectivity index (χ1v) is 25.7. The molecule has 0 aliphatic carbocycles. The van der Waals surface area contributed by atoms with Gasteiger partial charge in [0, 0.05) is 19.3 Å². The molecule has 1 atom stereocenters. The highest BCUT2D eigenvalue weighted by molar-refractivity contribution is 5.71. The van der Waals surface area contributed by atoms with Crippen molar-refractivity contribution in [1.29, 1.82) is 0 Å². The lowest BCUT2D eigenvalue weighted by atomic mass is 10.0. The molecule has 0 aromatic rings.